The van der Waals surface area contributed by atoms with Gasteiger partial charge in [-0.15, -0.1) is 24.0 Å². The van der Waals surface area contributed by atoms with Crippen LogP contribution in [0.3, 0.4) is 0 Å². The van der Waals surface area contributed by atoms with Gasteiger partial charge in [-0.05, 0) is 12.8 Å². The van der Waals surface area contributed by atoms with Crippen molar-refractivity contribution in [3.05, 3.63) is 12.1 Å². The van der Waals surface area contributed by atoms with Gasteiger partial charge < -0.3 is 24.8 Å². The van der Waals surface area contributed by atoms with E-state index in [1.54, 1.807) is 28.4 Å². The maximum absolute atomic E-state index is 5.47. The minimum atomic E-state index is 0. The Morgan fingerprint density at radius 3 is 2.16 bits per heavy atom. The van der Waals surface area contributed by atoms with Gasteiger partial charge in [0.05, 0.1) is 21.3 Å². The van der Waals surface area contributed by atoms with Gasteiger partial charge in [0, 0.05) is 61.5 Å². The molecule has 1 aliphatic heterocycles. The standard InChI is InChI=1S/C22H36N4O3S.HI/c1-23-21(25-17-14-18(27-2)20(29-4)19(15-17)28-3)24-16-22(8-6-5-7-9-22)26-10-12-30-13-11-26;/h14-15H,5-13,16H2,1-4H3,(H2,23,24,25);1H. The summed E-state index contributed by atoms with van der Waals surface area (Å²) < 4.78 is 16.4. The highest BCUT2D eigenvalue weighted by atomic mass is 127. The molecular weight excluding hydrogens is 527 g/mol. The van der Waals surface area contributed by atoms with E-state index in [0.29, 0.717) is 17.2 Å². The summed E-state index contributed by atoms with van der Waals surface area (Å²) in [5.74, 6) is 5.03. The van der Waals surface area contributed by atoms with Crippen LogP contribution in [0.25, 0.3) is 0 Å². The van der Waals surface area contributed by atoms with E-state index in [4.69, 9.17) is 14.2 Å². The summed E-state index contributed by atoms with van der Waals surface area (Å²) in [6.07, 6.45) is 6.48. The first kappa shape index (κ1) is 26.2. The van der Waals surface area contributed by atoms with Gasteiger partial charge in [-0.3, -0.25) is 9.89 Å². The molecule has 9 heteroatoms. The van der Waals surface area contributed by atoms with Gasteiger partial charge in [0.2, 0.25) is 5.75 Å². The first-order valence-electron chi connectivity index (χ1n) is 10.8. The molecule has 1 aromatic rings. The van der Waals surface area contributed by atoms with Crippen LogP contribution in [0.15, 0.2) is 17.1 Å². The molecule has 3 rings (SSSR count). The predicted molar refractivity (Wildman–Crippen MR) is 141 cm³/mol. The Bertz CT molecular complexity index is 698. The minimum absolute atomic E-state index is 0. The first-order valence-corrected chi connectivity index (χ1v) is 11.9. The second-order valence-corrected chi connectivity index (χ2v) is 9.07. The number of hydrogen-bond acceptors (Lipinski definition) is 6. The van der Waals surface area contributed by atoms with Gasteiger partial charge in [0.25, 0.3) is 0 Å². The number of anilines is 1. The molecule has 0 amide bonds. The second-order valence-electron chi connectivity index (χ2n) is 7.85. The molecule has 1 saturated carbocycles. The molecule has 1 aromatic carbocycles. The van der Waals surface area contributed by atoms with Crippen LogP contribution in [0.5, 0.6) is 17.2 Å². The molecular formula is C22H37IN4O3S. The molecule has 1 aliphatic carbocycles. The molecule has 0 radical (unpaired) electrons. The zero-order valence-electron chi connectivity index (χ0n) is 19.2. The van der Waals surface area contributed by atoms with E-state index in [2.05, 4.69) is 32.3 Å². The van der Waals surface area contributed by atoms with E-state index in [-0.39, 0.29) is 29.5 Å². The maximum atomic E-state index is 5.47. The van der Waals surface area contributed by atoms with Crippen molar-refractivity contribution in [3.63, 3.8) is 0 Å². The Morgan fingerprint density at radius 1 is 1.03 bits per heavy atom. The van der Waals surface area contributed by atoms with Crippen molar-refractivity contribution in [2.45, 2.75) is 37.6 Å². The highest BCUT2D eigenvalue weighted by molar-refractivity contribution is 14.0. The zero-order chi connectivity index (χ0) is 21.4. The van der Waals surface area contributed by atoms with E-state index in [1.165, 1.54) is 56.7 Å². The quantitative estimate of drug-likeness (QED) is 0.294. The fourth-order valence-corrected chi connectivity index (χ4v) is 5.47. The summed E-state index contributed by atoms with van der Waals surface area (Å²) in [5, 5.41) is 7.00. The Labute approximate surface area is 208 Å². The summed E-state index contributed by atoms with van der Waals surface area (Å²) in [6, 6.07) is 3.79. The molecule has 176 valence electrons. The Morgan fingerprint density at radius 2 is 1.65 bits per heavy atom. The van der Waals surface area contributed by atoms with E-state index in [1.807, 2.05) is 12.1 Å². The van der Waals surface area contributed by atoms with Crippen molar-refractivity contribution >= 4 is 47.4 Å². The van der Waals surface area contributed by atoms with Crippen molar-refractivity contribution in [2.75, 3.05) is 64.8 Å². The smallest absolute Gasteiger partial charge is 0.203 e. The summed E-state index contributed by atoms with van der Waals surface area (Å²) >= 11 is 2.07. The van der Waals surface area contributed by atoms with Crippen molar-refractivity contribution in [2.24, 2.45) is 4.99 Å². The van der Waals surface area contributed by atoms with Crippen LogP contribution in [0.2, 0.25) is 0 Å². The Kier molecular flexibility index (Phi) is 10.8. The Balaban J connectivity index is 0.00000341. The maximum Gasteiger partial charge on any atom is 0.203 e. The zero-order valence-corrected chi connectivity index (χ0v) is 22.3. The van der Waals surface area contributed by atoms with Gasteiger partial charge >= 0.3 is 0 Å². The third-order valence-electron chi connectivity index (χ3n) is 6.20. The number of thioether (sulfide) groups is 1. The number of hydrogen-bond donors (Lipinski definition) is 2. The van der Waals surface area contributed by atoms with Gasteiger partial charge in [-0.25, -0.2) is 0 Å². The SMILES string of the molecule is CN=C(NCC1(N2CCSCC2)CCCCC1)Nc1cc(OC)c(OC)c(OC)c1.I. The molecule has 0 unspecified atom stereocenters. The molecule has 2 aliphatic rings. The molecule has 1 saturated heterocycles. The fourth-order valence-electron chi connectivity index (χ4n) is 4.57. The van der Waals surface area contributed by atoms with Gasteiger partial charge in [-0.1, -0.05) is 19.3 Å². The van der Waals surface area contributed by atoms with Gasteiger partial charge in [0.15, 0.2) is 17.5 Å². The lowest BCUT2D eigenvalue weighted by Crippen LogP contribution is -2.59. The van der Waals surface area contributed by atoms with Crippen LogP contribution < -0.4 is 24.8 Å². The molecule has 7 nitrogen and oxygen atoms in total. The highest BCUT2D eigenvalue weighted by Crippen LogP contribution is 2.40. The summed E-state index contributed by atoms with van der Waals surface area (Å²) in [5.41, 5.74) is 1.07. The second kappa shape index (κ2) is 12.8. The number of ether oxygens (including phenoxy) is 3. The molecule has 0 spiro atoms. The largest absolute Gasteiger partial charge is 0.493 e. The molecule has 2 N–H and O–H groups in total. The monoisotopic (exact) mass is 564 g/mol. The molecule has 1 heterocycles. The number of aliphatic imine (C=N–C) groups is 1. The number of nitrogens with one attached hydrogen (secondary N) is 2. The number of nitrogens with zero attached hydrogens (tertiary/aromatic N) is 2. The molecule has 31 heavy (non-hydrogen) atoms. The van der Waals surface area contributed by atoms with Gasteiger partial charge in [0.1, 0.15) is 0 Å². The third kappa shape index (κ3) is 6.47. The van der Waals surface area contributed by atoms with E-state index >= 15 is 0 Å². The van der Waals surface area contributed by atoms with Crippen molar-refractivity contribution in [3.8, 4) is 17.2 Å². The predicted octanol–water partition coefficient (Wildman–Crippen LogP) is 4.07. The van der Waals surface area contributed by atoms with Crippen LogP contribution in [0.1, 0.15) is 32.1 Å². The molecule has 0 aromatic heterocycles. The topological polar surface area (TPSA) is 67.4 Å². The van der Waals surface area contributed by atoms with Crippen molar-refractivity contribution in [1.29, 1.82) is 0 Å². The minimum Gasteiger partial charge on any atom is -0.493 e. The number of rotatable bonds is 7. The van der Waals surface area contributed by atoms with Crippen LogP contribution in [-0.4, -0.2) is 75.9 Å². The normalized spacial score (nSPS) is 19.2. The van der Waals surface area contributed by atoms with E-state index in [0.717, 1.165) is 18.2 Å². The number of benzene rings is 1. The van der Waals surface area contributed by atoms with Crippen LogP contribution >= 0.6 is 35.7 Å². The van der Waals surface area contributed by atoms with Crippen molar-refractivity contribution in [1.82, 2.24) is 10.2 Å². The molecule has 0 atom stereocenters. The number of halogens is 1. The average Bonchev–Trinajstić information content (AvgIpc) is 2.82. The highest BCUT2D eigenvalue weighted by Gasteiger charge is 2.38. The summed E-state index contributed by atoms with van der Waals surface area (Å²) in [7, 11) is 6.66. The molecule has 0 bridgehead atoms. The average molecular weight is 565 g/mol. The molecule has 2 fully saturated rings. The lowest BCUT2D eigenvalue weighted by molar-refractivity contribution is 0.0628. The lowest BCUT2D eigenvalue weighted by Gasteiger charge is -2.48. The van der Waals surface area contributed by atoms with E-state index in [9.17, 15) is 0 Å². The van der Waals surface area contributed by atoms with Crippen LogP contribution in [0, 0.1) is 0 Å². The van der Waals surface area contributed by atoms with Crippen LogP contribution in [0.4, 0.5) is 5.69 Å². The number of methoxy groups -OCH3 is 3. The van der Waals surface area contributed by atoms with Crippen molar-refractivity contribution < 1.29 is 14.2 Å². The number of guanidine groups is 1. The fraction of sp³-hybridized carbons (Fsp3) is 0.682. The van der Waals surface area contributed by atoms with Crippen LogP contribution in [-0.2, 0) is 0 Å². The third-order valence-corrected chi connectivity index (χ3v) is 7.14. The summed E-state index contributed by atoms with van der Waals surface area (Å²) in [6.45, 7) is 3.28. The lowest BCUT2D eigenvalue weighted by atomic mass is 9.80. The summed E-state index contributed by atoms with van der Waals surface area (Å²) in [4.78, 5) is 7.18. The first-order chi connectivity index (χ1) is 14.7. The van der Waals surface area contributed by atoms with E-state index < -0.39 is 0 Å². The Hall–Kier alpha value is -1.07. The van der Waals surface area contributed by atoms with Gasteiger partial charge in [-0.2, -0.15) is 11.8 Å².